The van der Waals surface area contributed by atoms with E-state index in [4.69, 9.17) is 20.9 Å². The van der Waals surface area contributed by atoms with E-state index in [0.29, 0.717) is 28.5 Å². The van der Waals surface area contributed by atoms with Crippen LogP contribution in [-0.2, 0) is 0 Å². The second-order valence-corrected chi connectivity index (χ2v) is 6.72. The van der Waals surface area contributed by atoms with Crippen molar-refractivity contribution in [2.24, 2.45) is 0 Å². The summed E-state index contributed by atoms with van der Waals surface area (Å²) in [5, 5.41) is 14.9. The Kier molecular flexibility index (Phi) is 8.53. The van der Waals surface area contributed by atoms with E-state index >= 15 is 0 Å². The zero-order valence-electron chi connectivity index (χ0n) is 16.4. The van der Waals surface area contributed by atoms with Crippen LogP contribution in [-0.4, -0.2) is 36.3 Å². The van der Waals surface area contributed by atoms with Crippen LogP contribution in [0.25, 0.3) is 22.6 Å². The van der Waals surface area contributed by atoms with Crippen LogP contribution in [0.3, 0.4) is 0 Å². The lowest BCUT2D eigenvalue weighted by molar-refractivity contribution is 0.223. The second kappa shape index (κ2) is 10.9. The number of ether oxygens (including phenoxy) is 1. The van der Waals surface area contributed by atoms with Gasteiger partial charge in [-0.1, -0.05) is 42.7 Å². The van der Waals surface area contributed by atoms with E-state index in [1.807, 2.05) is 24.3 Å². The van der Waals surface area contributed by atoms with E-state index in [-0.39, 0.29) is 12.4 Å². The highest BCUT2D eigenvalue weighted by molar-refractivity contribution is 6.31. The number of aromatic nitrogens is 1. The summed E-state index contributed by atoms with van der Waals surface area (Å²) in [6, 6.07) is 15.1. The van der Waals surface area contributed by atoms with Crippen LogP contribution in [0.2, 0.25) is 5.02 Å². The fraction of sp³-hybridized carbons (Fsp3) is 0.273. The summed E-state index contributed by atoms with van der Waals surface area (Å²) in [4.78, 5) is 2.31. The van der Waals surface area contributed by atoms with Gasteiger partial charge in [0.05, 0.1) is 11.0 Å². The number of nitriles is 1. The lowest BCUT2D eigenvalue weighted by Crippen LogP contribution is -2.27. The Labute approximate surface area is 181 Å². The molecular formula is C22H23Cl2N3O2. The van der Waals surface area contributed by atoms with Gasteiger partial charge in [-0.2, -0.15) is 5.26 Å². The fourth-order valence-corrected chi connectivity index (χ4v) is 3.09. The van der Waals surface area contributed by atoms with E-state index in [1.165, 1.54) is 0 Å². The topological polar surface area (TPSA) is 62.3 Å². The summed E-state index contributed by atoms with van der Waals surface area (Å²) >= 11 is 6.06. The first-order chi connectivity index (χ1) is 13.6. The largest absolute Gasteiger partial charge is 0.492 e. The highest BCUT2D eigenvalue weighted by Crippen LogP contribution is 2.28. The summed E-state index contributed by atoms with van der Waals surface area (Å²) < 4.78 is 11.1. The molecule has 0 saturated heterocycles. The van der Waals surface area contributed by atoms with Crippen LogP contribution in [0.15, 0.2) is 47.0 Å². The number of rotatable bonds is 8. The highest BCUT2D eigenvalue weighted by atomic mass is 35.5. The molecule has 0 fully saturated rings. The molecule has 0 aliphatic carbocycles. The van der Waals surface area contributed by atoms with Crippen LogP contribution in [0, 0.1) is 11.3 Å². The molecule has 3 aromatic rings. The molecule has 29 heavy (non-hydrogen) atoms. The summed E-state index contributed by atoms with van der Waals surface area (Å²) in [5.41, 5.74) is 2.37. The Balaban J connectivity index is 0.00000300. The van der Waals surface area contributed by atoms with Gasteiger partial charge in [0.2, 0.25) is 0 Å². The molecule has 0 saturated carbocycles. The molecule has 0 N–H and O–H groups in total. The second-order valence-electron chi connectivity index (χ2n) is 6.29. The molecule has 2 aromatic carbocycles. The maximum atomic E-state index is 9.60. The van der Waals surface area contributed by atoms with E-state index in [0.717, 1.165) is 36.3 Å². The smallest absolute Gasteiger partial charge is 0.167 e. The fourth-order valence-electron chi connectivity index (χ4n) is 2.92. The predicted molar refractivity (Wildman–Crippen MR) is 119 cm³/mol. The molecule has 0 amide bonds. The number of halogens is 2. The number of fused-ring (bicyclic) bond motifs is 1. The van der Waals surface area contributed by atoms with Crippen LogP contribution in [0.5, 0.6) is 5.75 Å². The van der Waals surface area contributed by atoms with Crippen LogP contribution in [0.4, 0.5) is 0 Å². The molecule has 1 aromatic heterocycles. The molecule has 0 unspecified atom stereocenters. The quantitative estimate of drug-likeness (QED) is 0.428. The minimum atomic E-state index is 0. The zero-order chi connectivity index (χ0) is 19.9. The average Bonchev–Trinajstić information content (AvgIpc) is 3.13. The molecule has 152 valence electrons. The van der Waals surface area contributed by atoms with Gasteiger partial charge in [-0.25, -0.2) is 0 Å². The van der Waals surface area contributed by atoms with Gasteiger partial charge in [0.15, 0.2) is 5.58 Å². The minimum absolute atomic E-state index is 0. The standard InChI is InChI=1S/C22H22ClN3O2.ClH/c1-3-26(4-2)11-12-27-19-8-5-16(6-9-19)13-17(15-24)22-20-14-18(23)7-10-21(20)28-25-22;/h5-10,13-14H,3-4,11-12H2,1-2H3;1H/b17-13+;. The van der Waals surface area contributed by atoms with Crippen molar-refractivity contribution in [3.05, 3.63) is 58.7 Å². The Morgan fingerprint density at radius 3 is 2.59 bits per heavy atom. The third-order valence-electron chi connectivity index (χ3n) is 4.57. The van der Waals surface area contributed by atoms with Crippen molar-refractivity contribution in [3.8, 4) is 11.8 Å². The van der Waals surface area contributed by atoms with Gasteiger partial charge in [0, 0.05) is 11.6 Å². The van der Waals surface area contributed by atoms with Gasteiger partial charge in [-0.3, -0.25) is 0 Å². The van der Waals surface area contributed by atoms with Gasteiger partial charge in [-0.05, 0) is 55.1 Å². The van der Waals surface area contributed by atoms with E-state index in [1.54, 1.807) is 24.3 Å². The first-order valence-corrected chi connectivity index (χ1v) is 9.64. The molecule has 0 radical (unpaired) electrons. The van der Waals surface area contributed by atoms with Crippen molar-refractivity contribution >= 4 is 46.6 Å². The highest BCUT2D eigenvalue weighted by Gasteiger charge is 2.13. The van der Waals surface area contributed by atoms with Crippen molar-refractivity contribution < 1.29 is 9.26 Å². The monoisotopic (exact) mass is 431 g/mol. The Hall–Kier alpha value is -2.52. The molecule has 0 spiro atoms. The number of nitrogens with zero attached hydrogens (tertiary/aromatic N) is 3. The Bertz CT molecular complexity index is 1000. The van der Waals surface area contributed by atoms with E-state index < -0.39 is 0 Å². The van der Waals surface area contributed by atoms with Gasteiger partial charge in [0.25, 0.3) is 0 Å². The van der Waals surface area contributed by atoms with Gasteiger partial charge in [0.1, 0.15) is 24.1 Å². The number of hydrogen-bond donors (Lipinski definition) is 0. The van der Waals surface area contributed by atoms with Crippen LogP contribution < -0.4 is 4.74 Å². The molecule has 0 aliphatic heterocycles. The molecule has 1 heterocycles. The lowest BCUT2D eigenvalue weighted by Gasteiger charge is -2.17. The van der Waals surface area contributed by atoms with Crippen molar-refractivity contribution in [2.45, 2.75) is 13.8 Å². The third kappa shape index (κ3) is 5.74. The summed E-state index contributed by atoms with van der Waals surface area (Å²) in [6.45, 7) is 7.86. The summed E-state index contributed by atoms with van der Waals surface area (Å²) in [6.07, 6.45) is 1.78. The van der Waals surface area contributed by atoms with Crippen LogP contribution in [0.1, 0.15) is 25.1 Å². The van der Waals surface area contributed by atoms with Gasteiger partial charge >= 0.3 is 0 Å². The van der Waals surface area contributed by atoms with Crippen molar-refractivity contribution in [2.75, 3.05) is 26.2 Å². The maximum absolute atomic E-state index is 9.60. The third-order valence-corrected chi connectivity index (χ3v) is 4.80. The van der Waals surface area contributed by atoms with E-state index in [2.05, 4.69) is 30.0 Å². The number of hydrogen-bond acceptors (Lipinski definition) is 5. The summed E-state index contributed by atoms with van der Waals surface area (Å²) in [5.74, 6) is 0.807. The van der Waals surface area contributed by atoms with Crippen molar-refractivity contribution in [3.63, 3.8) is 0 Å². The number of benzene rings is 2. The number of likely N-dealkylation sites (N-methyl/N-ethyl adjacent to an activating group) is 1. The molecular weight excluding hydrogens is 409 g/mol. The molecule has 5 nitrogen and oxygen atoms in total. The SMILES string of the molecule is CCN(CC)CCOc1ccc(/C=C(\C#N)c2noc3ccc(Cl)cc23)cc1.Cl. The van der Waals surface area contributed by atoms with Crippen molar-refractivity contribution in [1.82, 2.24) is 10.1 Å². The molecule has 7 heteroatoms. The first-order valence-electron chi connectivity index (χ1n) is 9.27. The normalized spacial score (nSPS) is 11.3. The number of allylic oxidation sites excluding steroid dienone is 1. The molecule has 0 atom stereocenters. The molecule has 0 aliphatic rings. The first kappa shape index (κ1) is 22.8. The Morgan fingerprint density at radius 1 is 1.21 bits per heavy atom. The lowest BCUT2D eigenvalue weighted by atomic mass is 10.1. The molecule has 0 bridgehead atoms. The predicted octanol–water partition coefficient (Wildman–Crippen LogP) is 5.69. The maximum Gasteiger partial charge on any atom is 0.167 e. The average molecular weight is 432 g/mol. The van der Waals surface area contributed by atoms with Gasteiger partial charge in [-0.15, -0.1) is 12.4 Å². The Morgan fingerprint density at radius 2 is 1.93 bits per heavy atom. The minimum Gasteiger partial charge on any atom is -0.492 e. The van der Waals surface area contributed by atoms with Crippen LogP contribution >= 0.6 is 24.0 Å². The van der Waals surface area contributed by atoms with Crippen molar-refractivity contribution in [1.29, 1.82) is 5.26 Å². The van der Waals surface area contributed by atoms with Gasteiger partial charge < -0.3 is 14.2 Å². The zero-order valence-corrected chi connectivity index (χ0v) is 18.0. The van der Waals surface area contributed by atoms with E-state index in [9.17, 15) is 5.26 Å². The molecule has 3 rings (SSSR count). The summed E-state index contributed by atoms with van der Waals surface area (Å²) in [7, 11) is 0.